The van der Waals surface area contributed by atoms with Crippen molar-refractivity contribution in [3.05, 3.63) is 81.6 Å². The molecule has 0 fully saturated rings. The number of ether oxygens (including phenoxy) is 1. The molecule has 0 radical (unpaired) electrons. The average Bonchev–Trinajstić information content (AvgIpc) is 3.44. The van der Waals surface area contributed by atoms with Gasteiger partial charge in [-0.05, 0) is 43.3 Å². The van der Waals surface area contributed by atoms with Crippen LogP contribution in [-0.4, -0.2) is 41.2 Å². The molecule has 0 spiro atoms. The van der Waals surface area contributed by atoms with Crippen molar-refractivity contribution in [2.24, 2.45) is 5.73 Å². The van der Waals surface area contributed by atoms with Gasteiger partial charge in [0.1, 0.15) is 34.2 Å². The number of primary amides is 1. The van der Waals surface area contributed by atoms with Crippen molar-refractivity contribution in [2.45, 2.75) is 24.1 Å². The average molecular weight is 594 g/mol. The maximum atomic E-state index is 14.5. The molecule has 2 aromatic heterocycles. The molecule has 2 atom stereocenters. The van der Waals surface area contributed by atoms with Gasteiger partial charge in [-0.25, -0.2) is 9.37 Å². The largest absolute Gasteiger partial charge is 0.489 e. The minimum absolute atomic E-state index is 0.0257. The Hall–Kier alpha value is -3.74. The van der Waals surface area contributed by atoms with Gasteiger partial charge in [-0.3, -0.25) is 9.59 Å². The lowest BCUT2D eigenvalue weighted by molar-refractivity contribution is -0.265. The van der Waals surface area contributed by atoms with E-state index in [9.17, 15) is 32.3 Å². The lowest BCUT2D eigenvalue weighted by atomic mass is 9.81. The topological polar surface area (TPSA) is 115 Å². The third kappa shape index (κ3) is 4.45. The predicted octanol–water partition coefficient (Wildman–Crippen LogP) is 5.07. The Morgan fingerprint density at radius 2 is 1.88 bits per heavy atom. The number of pyridine rings is 1. The number of amides is 2. The molecule has 13 heteroatoms. The maximum Gasteiger partial charge on any atom is 0.424 e. The van der Waals surface area contributed by atoms with E-state index < -0.39 is 47.1 Å². The van der Waals surface area contributed by atoms with Crippen LogP contribution in [0, 0.1) is 5.82 Å². The van der Waals surface area contributed by atoms with Crippen LogP contribution in [0.25, 0.3) is 21.3 Å². The van der Waals surface area contributed by atoms with Gasteiger partial charge in [0.15, 0.2) is 0 Å². The fourth-order valence-corrected chi connectivity index (χ4v) is 5.82. The number of benzene rings is 2. The molecular weight excluding hydrogens is 574 g/mol. The number of nitrogens with two attached hydrogens (primary N) is 1. The van der Waals surface area contributed by atoms with Crippen molar-refractivity contribution in [2.75, 3.05) is 13.2 Å². The molecule has 4 N–H and O–H groups in total. The van der Waals surface area contributed by atoms with E-state index in [1.807, 2.05) is 0 Å². The zero-order chi connectivity index (χ0) is 29.0. The third-order valence-electron chi connectivity index (χ3n) is 6.87. The number of alkyl halides is 3. The standard InChI is InChI=1S/C27H20ClF4N3O4S/c1-25(24(33)37)12-39-21-16(25)10-18(35-20(21)13-6-8-14(29)9-7-13)26(38,27(30,31)32)11-34-23(36)22-19(28)15-4-2-3-5-17(15)40-22/h2-10,38H,11-12H2,1H3,(H2,33,37)(H,34,36)/t25-,26-/m0/s1. The summed E-state index contributed by atoms with van der Waals surface area (Å²) in [6.45, 7) is -0.234. The highest BCUT2D eigenvalue weighted by molar-refractivity contribution is 7.21. The smallest absolute Gasteiger partial charge is 0.424 e. The molecule has 0 bridgehead atoms. The number of rotatable bonds is 6. The van der Waals surface area contributed by atoms with Crippen LogP contribution in [-0.2, 0) is 15.8 Å². The van der Waals surface area contributed by atoms with Crippen LogP contribution in [0.1, 0.15) is 27.9 Å². The minimum Gasteiger partial charge on any atom is -0.489 e. The fourth-order valence-electron chi connectivity index (χ4n) is 4.39. The van der Waals surface area contributed by atoms with Gasteiger partial charge in [-0.2, -0.15) is 13.2 Å². The Bertz CT molecular complexity index is 1660. The van der Waals surface area contributed by atoms with Crippen LogP contribution < -0.4 is 15.8 Å². The number of nitrogens with zero attached hydrogens (tertiary/aromatic N) is 1. The SMILES string of the molecule is C[C@]1(C(N)=O)COc2c1cc([C@@](O)(CNC(=O)c1sc3ccccc3c1Cl)C(F)(F)F)nc2-c1ccc(F)cc1. The zero-order valence-corrected chi connectivity index (χ0v) is 22.2. The molecule has 2 aromatic carbocycles. The van der Waals surface area contributed by atoms with E-state index in [0.717, 1.165) is 29.5 Å². The fraction of sp³-hybridized carbons (Fsp3) is 0.222. The van der Waals surface area contributed by atoms with E-state index in [4.69, 9.17) is 22.1 Å². The summed E-state index contributed by atoms with van der Waals surface area (Å²) >= 11 is 7.29. The second-order valence-corrected chi connectivity index (χ2v) is 10.9. The summed E-state index contributed by atoms with van der Waals surface area (Å²) in [6.07, 6.45) is -5.34. The minimum atomic E-state index is -5.34. The number of fused-ring (bicyclic) bond motifs is 2. The van der Waals surface area contributed by atoms with Crippen molar-refractivity contribution in [1.82, 2.24) is 10.3 Å². The Balaban J connectivity index is 1.60. The number of carbonyl (C=O) groups excluding carboxylic acids is 2. The highest BCUT2D eigenvalue weighted by Crippen LogP contribution is 2.47. The molecule has 208 valence electrons. The molecule has 2 amide bonds. The van der Waals surface area contributed by atoms with Crippen LogP contribution in [0.5, 0.6) is 5.75 Å². The predicted molar refractivity (Wildman–Crippen MR) is 141 cm³/mol. The summed E-state index contributed by atoms with van der Waals surface area (Å²) in [5.41, 5.74) is -0.654. The highest BCUT2D eigenvalue weighted by atomic mass is 35.5. The molecular formula is C27H20ClF4N3O4S. The first-order valence-electron chi connectivity index (χ1n) is 11.8. The molecule has 3 heterocycles. The molecule has 7 nitrogen and oxygen atoms in total. The van der Waals surface area contributed by atoms with Gasteiger partial charge in [-0.1, -0.05) is 29.8 Å². The molecule has 4 aromatic rings. The molecule has 5 rings (SSSR count). The lowest BCUT2D eigenvalue weighted by Crippen LogP contribution is -2.51. The van der Waals surface area contributed by atoms with E-state index in [1.54, 1.807) is 24.3 Å². The van der Waals surface area contributed by atoms with E-state index >= 15 is 0 Å². The number of nitrogens with one attached hydrogen (secondary N) is 1. The quantitative estimate of drug-likeness (QED) is 0.270. The Morgan fingerprint density at radius 1 is 1.20 bits per heavy atom. The van der Waals surface area contributed by atoms with E-state index in [0.29, 0.717) is 10.1 Å². The van der Waals surface area contributed by atoms with Gasteiger partial charge in [0.2, 0.25) is 11.5 Å². The number of carbonyl (C=O) groups is 2. The summed E-state index contributed by atoms with van der Waals surface area (Å²) in [7, 11) is 0. The van der Waals surface area contributed by atoms with Crippen LogP contribution in [0.2, 0.25) is 5.02 Å². The van der Waals surface area contributed by atoms with Gasteiger partial charge in [0, 0.05) is 21.2 Å². The van der Waals surface area contributed by atoms with Crippen molar-refractivity contribution >= 4 is 44.8 Å². The summed E-state index contributed by atoms with van der Waals surface area (Å²) in [4.78, 5) is 29.3. The van der Waals surface area contributed by atoms with E-state index in [1.165, 1.54) is 19.1 Å². The molecule has 0 unspecified atom stereocenters. The Morgan fingerprint density at radius 3 is 2.50 bits per heavy atom. The van der Waals surface area contributed by atoms with Crippen LogP contribution in [0.3, 0.4) is 0 Å². The number of thiophene rings is 1. The Labute approximate surface area is 233 Å². The van der Waals surface area contributed by atoms with Gasteiger partial charge in [-0.15, -0.1) is 11.3 Å². The van der Waals surface area contributed by atoms with Crippen LogP contribution >= 0.6 is 22.9 Å². The number of halogens is 5. The first kappa shape index (κ1) is 27.8. The summed E-state index contributed by atoms with van der Waals surface area (Å²) < 4.78 is 63.5. The monoisotopic (exact) mass is 593 g/mol. The highest BCUT2D eigenvalue weighted by Gasteiger charge is 2.57. The first-order chi connectivity index (χ1) is 18.8. The van der Waals surface area contributed by atoms with Crippen LogP contribution in [0.15, 0.2) is 54.6 Å². The number of hydrogen-bond donors (Lipinski definition) is 3. The number of aliphatic hydroxyl groups is 1. The van der Waals surface area contributed by atoms with Crippen LogP contribution in [0.4, 0.5) is 17.6 Å². The molecule has 1 aliphatic rings. The lowest BCUT2D eigenvalue weighted by Gasteiger charge is -2.31. The number of aromatic nitrogens is 1. The normalized spacial score (nSPS) is 18.2. The van der Waals surface area contributed by atoms with Crippen molar-refractivity contribution in [3.8, 4) is 17.0 Å². The third-order valence-corrected chi connectivity index (χ3v) is 8.55. The van der Waals surface area contributed by atoms with Gasteiger partial charge in [0.05, 0.1) is 17.3 Å². The second kappa shape index (κ2) is 9.72. The first-order valence-corrected chi connectivity index (χ1v) is 12.9. The second-order valence-electron chi connectivity index (χ2n) is 9.51. The van der Waals surface area contributed by atoms with Gasteiger partial charge < -0.3 is 20.9 Å². The Kier molecular flexibility index (Phi) is 6.76. The molecule has 40 heavy (non-hydrogen) atoms. The van der Waals surface area contributed by atoms with Gasteiger partial charge in [0.25, 0.3) is 5.91 Å². The summed E-state index contributed by atoms with van der Waals surface area (Å²) in [5.74, 6) is -2.44. The molecule has 0 saturated heterocycles. The maximum absolute atomic E-state index is 14.5. The molecule has 0 saturated carbocycles. The van der Waals surface area contributed by atoms with Gasteiger partial charge >= 0.3 is 6.18 Å². The summed E-state index contributed by atoms with van der Waals surface area (Å²) in [6, 6.07) is 12.4. The summed E-state index contributed by atoms with van der Waals surface area (Å²) in [5, 5.41) is 13.9. The van der Waals surface area contributed by atoms with E-state index in [2.05, 4.69) is 10.3 Å². The molecule has 0 aliphatic carbocycles. The zero-order valence-electron chi connectivity index (χ0n) is 20.6. The van der Waals surface area contributed by atoms with Crippen molar-refractivity contribution in [1.29, 1.82) is 0 Å². The van der Waals surface area contributed by atoms with Crippen molar-refractivity contribution in [3.63, 3.8) is 0 Å². The molecule has 1 aliphatic heterocycles. The number of hydrogen-bond acceptors (Lipinski definition) is 6. The van der Waals surface area contributed by atoms with Crippen molar-refractivity contribution < 1.29 is 37.0 Å². The van der Waals surface area contributed by atoms with E-state index in [-0.39, 0.29) is 39.1 Å².